The molecule has 0 spiro atoms. The molecule has 4 nitrogen and oxygen atoms in total. The molecule has 1 heterocycles. The Morgan fingerprint density at radius 1 is 1.08 bits per heavy atom. The molecule has 5 heteroatoms. The molecule has 0 fully saturated rings. The molecule has 3 aromatic rings. The molecule has 0 radical (unpaired) electrons. The van der Waals surface area contributed by atoms with Crippen LogP contribution in [0.2, 0.25) is 0 Å². The molecule has 3 rings (SSSR count). The van der Waals surface area contributed by atoms with E-state index in [4.69, 9.17) is 4.18 Å². The lowest BCUT2D eigenvalue weighted by atomic mass is 9.87. The zero-order chi connectivity index (χ0) is 17.3. The van der Waals surface area contributed by atoms with Crippen LogP contribution in [0.1, 0.15) is 26.3 Å². The van der Waals surface area contributed by atoms with E-state index in [2.05, 4.69) is 37.9 Å². The van der Waals surface area contributed by atoms with E-state index in [-0.39, 0.29) is 11.0 Å². The van der Waals surface area contributed by atoms with Crippen molar-refractivity contribution in [1.29, 1.82) is 0 Å². The third-order valence-corrected chi connectivity index (χ3v) is 4.28. The molecule has 0 N–H and O–H groups in total. The van der Waals surface area contributed by atoms with Gasteiger partial charge in [-0.2, -0.15) is 0 Å². The van der Waals surface area contributed by atoms with Gasteiger partial charge in [0, 0.05) is 12.3 Å². The second kappa shape index (κ2) is 6.32. The van der Waals surface area contributed by atoms with E-state index in [1.807, 2.05) is 18.4 Å². The zero-order valence-electron chi connectivity index (χ0n) is 14.2. The van der Waals surface area contributed by atoms with Crippen molar-refractivity contribution in [3.8, 4) is 11.4 Å². The lowest BCUT2D eigenvalue weighted by Gasteiger charge is -2.19. The molecule has 0 amide bonds. The average molecular weight is 340 g/mol. The predicted octanol–water partition coefficient (Wildman–Crippen LogP) is 4.34. The van der Waals surface area contributed by atoms with E-state index in [1.54, 1.807) is 29.1 Å². The van der Waals surface area contributed by atoms with Gasteiger partial charge in [0.15, 0.2) is 0 Å². The molecule has 0 aliphatic carbocycles. The Kier molecular flexibility index (Phi) is 4.37. The molecule has 24 heavy (non-hydrogen) atoms. The van der Waals surface area contributed by atoms with E-state index in [0.717, 1.165) is 5.69 Å². The highest BCUT2D eigenvalue weighted by Crippen LogP contribution is 2.23. The highest BCUT2D eigenvalue weighted by atomic mass is 32.2. The highest BCUT2D eigenvalue weighted by Gasteiger charge is 2.14. The normalized spacial score (nSPS) is 11.7. The van der Waals surface area contributed by atoms with Crippen LogP contribution in [0.3, 0.4) is 0 Å². The topological polar surface area (TPSA) is 44.1 Å². The van der Waals surface area contributed by atoms with E-state index in [0.29, 0.717) is 16.7 Å². The van der Waals surface area contributed by atoms with Crippen molar-refractivity contribution in [3.05, 3.63) is 64.7 Å². The first-order chi connectivity index (χ1) is 11.4. The molecule has 0 aliphatic rings. The number of rotatable bonds is 3. The SMILES string of the molecule is CSOc1ccc2c(=O)n(-c3ccc(C(C)(C)C)cc3)cnc2c1. The van der Waals surface area contributed by atoms with Crippen LogP contribution in [0, 0.1) is 0 Å². The summed E-state index contributed by atoms with van der Waals surface area (Å²) in [6, 6.07) is 13.4. The molecular weight excluding hydrogens is 320 g/mol. The molecule has 0 aliphatic heterocycles. The van der Waals surface area contributed by atoms with Crippen LogP contribution in [0.5, 0.6) is 5.75 Å². The van der Waals surface area contributed by atoms with Crippen molar-refractivity contribution >= 4 is 22.9 Å². The minimum atomic E-state index is -0.0841. The van der Waals surface area contributed by atoms with Crippen molar-refractivity contribution in [3.63, 3.8) is 0 Å². The van der Waals surface area contributed by atoms with Gasteiger partial charge in [-0.3, -0.25) is 9.36 Å². The summed E-state index contributed by atoms with van der Waals surface area (Å²) in [5.74, 6) is 0.689. The minimum Gasteiger partial charge on any atom is -0.426 e. The Hall–Kier alpha value is -2.27. The largest absolute Gasteiger partial charge is 0.426 e. The van der Waals surface area contributed by atoms with Gasteiger partial charge < -0.3 is 4.18 Å². The lowest BCUT2D eigenvalue weighted by molar-refractivity contribution is 0.590. The molecule has 0 bridgehead atoms. The third kappa shape index (κ3) is 3.17. The first-order valence-corrected chi connectivity index (χ1v) is 8.88. The van der Waals surface area contributed by atoms with Gasteiger partial charge in [0.05, 0.1) is 28.6 Å². The monoisotopic (exact) mass is 340 g/mol. The van der Waals surface area contributed by atoms with Gasteiger partial charge in [-0.1, -0.05) is 32.9 Å². The Morgan fingerprint density at radius 2 is 1.79 bits per heavy atom. The van der Waals surface area contributed by atoms with Gasteiger partial charge in [-0.15, -0.1) is 0 Å². The zero-order valence-corrected chi connectivity index (χ0v) is 15.1. The van der Waals surface area contributed by atoms with Gasteiger partial charge in [0.1, 0.15) is 12.1 Å². The molecule has 1 aromatic heterocycles. The fraction of sp³-hybridized carbons (Fsp3) is 0.263. The summed E-state index contributed by atoms with van der Waals surface area (Å²) < 4.78 is 6.95. The Morgan fingerprint density at radius 3 is 2.42 bits per heavy atom. The molecule has 2 aromatic carbocycles. The van der Waals surface area contributed by atoms with Crippen molar-refractivity contribution in [2.24, 2.45) is 0 Å². The first-order valence-electron chi connectivity index (χ1n) is 7.73. The van der Waals surface area contributed by atoms with Crippen molar-refractivity contribution in [1.82, 2.24) is 9.55 Å². The fourth-order valence-corrected chi connectivity index (χ4v) is 2.85. The van der Waals surface area contributed by atoms with Crippen LogP contribution in [0.25, 0.3) is 16.6 Å². The summed E-state index contributed by atoms with van der Waals surface area (Å²) in [5, 5.41) is 0.575. The van der Waals surface area contributed by atoms with Gasteiger partial charge in [0.25, 0.3) is 5.56 Å². The van der Waals surface area contributed by atoms with Crippen LogP contribution in [-0.4, -0.2) is 15.8 Å². The van der Waals surface area contributed by atoms with Gasteiger partial charge in [-0.25, -0.2) is 4.98 Å². The molecule has 0 saturated carbocycles. The highest BCUT2D eigenvalue weighted by molar-refractivity contribution is 7.94. The van der Waals surface area contributed by atoms with Crippen LogP contribution < -0.4 is 9.74 Å². The second-order valence-corrected chi connectivity index (χ2v) is 7.15. The predicted molar refractivity (Wildman–Crippen MR) is 100 cm³/mol. The van der Waals surface area contributed by atoms with E-state index in [9.17, 15) is 4.79 Å². The fourth-order valence-electron chi connectivity index (χ4n) is 2.56. The van der Waals surface area contributed by atoms with Crippen molar-refractivity contribution in [2.75, 3.05) is 6.26 Å². The maximum Gasteiger partial charge on any atom is 0.265 e. The smallest absolute Gasteiger partial charge is 0.265 e. The minimum absolute atomic E-state index is 0.0822. The maximum absolute atomic E-state index is 12.8. The number of benzene rings is 2. The maximum atomic E-state index is 12.8. The molecule has 0 saturated heterocycles. The number of hydrogen-bond acceptors (Lipinski definition) is 4. The molecule has 124 valence electrons. The summed E-state index contributed by atoms with van der Waals surface area (Å²) in [7, 11) is 0. The Balaban J connectivity index is 2.06. The summed E-state index contributed by atoms with van der Waals surface area (Å²) in [6.45, 7) is 6.50. The quantitative estimate of drug-likeness (QED) is 0.665. The second-order valence-electron chi connectivity index (χ2n) is 6.65. The number of fused-ring (bicyclic) bond motifs is 1. The number of hydrogen-bond donors (Lipinski definition) is 0. The van der Waals surface area contributed by atoms with Gasteiger partial charge >= 0.3 is 0 Å². The van der Waals surface area contributed by atoms with Crippen LogP contribution >= 0.6 is 12.0 Å². The van der Waals surface area contributed by atoms with Gasteiger partial charge in [0.2, 0.25) is 0 Å². The van der Waals surface area contributed by atoms with Crippen LogP contribution in [-0.2, 0) is 5.41 Å². The third-order valence-electron chi connectivity index (χ3n) is 3.92. The molecular formula is C19H20N2O2S. The molecule has 0 unspecified atom stereocenters. The van der Waals surface area contributed by atoms with E-state index >= 15 is 0 Å². The summed E-state index contributed by atoms with van der Waals surface area (Å²) in [5.41, 5.74) is 2.67. The summed E-state index contributed by atoms with van der Waals surface area (Å²) in [4.78, 5) is 17.2. The Labute approximate surface area is 145 Å². The molecule has 0 atom stereocenters. The van der Waals surface area contributed by atoms with Crippen LogP contribution in [0.4, 0.5) is 0 Å². The van der Waals surface area contributed by atoms with E-state index in [1.165, 1.54) is 17.6 Å². The average Bonchev–Trinajstić information content (AvgIpc) is 2.55. The first kappa shape index (κ1) is 16.6. The van der Waals surface area contributed by atoms with Gasteiger partial charge in [-0.05, 0) is 35.2 Å². The standard InChI is InChI=1S/C19H20N2O2S/c1-19(2,3)13-5-7-14(8-6-13)21-12-20-17-11-15(23-24-4)9-10-16(17)18(21)22/h5-12H,1-4H3. The Bertz CT molecular complexity index is 925. The van der Waals surface area contributed by atoms with E-state index < -0.39 is 0 Å². The van der Waals surface area contributed by atoms with Crippen molar-refractivity contribution in [2.45, 2.75) is 26.2 Å². The van der Waals surface area contributed by atoms with Crippen molar-refractivity contribution < 1.29 is 4.18 Å². The summed E-state index contributed by atoms with van der Waals surface area (Å²) in [6.07, 6.45) is 3.41. The number of nitrogens with zero attached hydrogens (tertiary/aromatic N) is 2. The van der Waals surface area contributed by atoms with Crippen LogP contribution in [0.15, 0.2) is 53.6 Å². The number of aromatic nitrogens is 2. The lowest BCUT2D eigenvalue weighted by Crippen LogP contribution is -2.19. The summed E-state index contributed by atoms with van der Waals surface area (Å²) >= 11 is 1.26.